The van der Waals surface area contributed by atoms with Crippen molar-refractivity contribution in [3.8, 4) is 0 Å². The predicted octanol–water partition coefficient (Wildman–Crippen LogP) is 2.96. The molecule has 18 heavy (non-hydrogen) atoms. The van der Waals surface area contributed by atoms with Gasteiger partial charge >= 0.3 is 0 Å². The highest BCUT2D eigenvalue weighted by molar-refractivity contribution is 8.44. The van der Waals surface area contributed by atoms with Crippen molar-refractivity contribution in [1.29, 1.82) is 0 Å². The van der Waals surface area contributed by atoms with Crippen LogP contribution in [0.2, 0.25) is 0 Å². The Balaban J connectivity index is 3.67. The fourth-order valence-electron chi connectivity index (χ4n) is 1.47. The summed E-state index contributed by atoms with van der Waals surface area (Å²) in [5.74, 6) is 0.173. The Labute approximate surface area is 119 Å². The molecule has 1 unspecified atom stereocenters. The molecule has 0 aliphatic carbocycles. The van der Waals surface area contributed by atoms with Gasteiger partial charge in [0, 0.05) is 23.3 Å². The van der Waals surface area contributed by atoms with Crippen molar-refractivity contribution in [2.24, 2.45) is 0 Å². The van der Waals surface area contributed by atoms with Gasteiger partial charge in [-0.1, -0.05) is 22.3 Å². The summed E-state index contributed by atoms with van der Waals surface area (Å²) in [7, 11) is 4.65. The van der Waals surface area contributed by atoms with Crippen LogP contribution in [0.3, 0.4) is 0 Å². The smallest absolute Gasteiger partial charge is 0.219 e. The molecule has 1 atom stereocenters. The fraction of sp³-hybridized carbons (Fsp3) is 0.923. The first-order chi connectivity index (χ1) is 8.22. The minimum absolute atomic E-state index is 0.123. The molecule has 0 fully saturated rings. The van der Waals surface area contributed by atoms with Crippen LogP contribution in [-0.4, -0.2) is 29.8 Å². The maximum atomic E-state index is 11.6. The SMILES string of the molecule is CNC(C)(C)CCCC(=O)NCCC(C)(C)SP. The molecule has 0 saturated heterocycles. The summed E-state index contributed by atoms with van der Waals surface area (Å²) in [6.07, 6.45) is 3.57. The maximum absolute atomic E-state index is 11.6. The van der Waals surface area contributed by atoms with Crippen molar-refractivity contribution in [3.05, 3.63) is 0 Å². The molecule has 0 radical (unpaired) electrons. The molecular formula is C13H29N2OPS. The lowest BCUT2D eigenvalue weighted by atomic mass is 9.97. The minimum Gasteiger partial charge on any atom is -0.356 e. The summed E-state index contributed by atoms with van der Waals surface area (Å²) in [4.78, 5) is 11.6. The zero-order chi connectivity index (χ0) is 14.2. The van der Waals surface area contributed by atoms with E-state index in [1.807, 2.05) is 7.05 Å². The molecule has 108 valence electrons. The zero-order valence-corrected chi connectivity index (χ0v) is 14.4. The molecule has 0 aromatic carbocycles. The Kier molecular flexibility index (Phi) is 8.49. The van der Waals surface area contributed by atoms with Gasteiger partial charge in [0.2, 0.25) is 5.91 Å². The van der Waals surface area contributed by atoms with Gasteiger partial charge in [-0.15, -0.1) is 11.4 Å². The van der Waals surface area contributed by atoms with Crippen LogP contribution in [0.1, 0.15) is 53.4 Å². The second-order valence-electron chi connectivity index (χ2n) is 5.96. The summed E-state index contributed by atoms with van der Waals surface area (Å²) in [6.45, 7) is 9.45. The molecule has 0 aromatic heterocycles. The van der Waals surface area contributed by atoms with E-state index in [0.717, 1.165) is 25.8 Å². The largest absolute Gasteiger partial charge is 0.356 e. The minimum atomic E-state index is 0.123. The topological polar surface area (TPSA) is 41.1 Å². The van der Waals surface area contributed by atoms with Crippen molar-refractivity contribution in [2.45, 2.75) is 63.7 Å². The van der Waals surface area contributed by atoms with Crippen LogP contribution in [0.15, 0.2) is 0 Å². The molecule has 0 aliphatic rings. The van der Waals surface area contributed by atoms with E-state index < -0.39 is 0 Å². The van der Waals surface area contributed by atoms with Gasteiger partial charge in [-0.05, 0) is 40.2 Å². The van der Waals surface area contributed by atoms with E-state index in [1.54, 1.807) is 11.4 Å². The number of nitrogens with one attached hydrogen (secondary N) is 2. The standard InChI is InChI=1S/C13H29N2OPS/c1-12(2,14-5)8-6-7-11(16)15-10-9-13(3,4)18-17/h14H,6-10,17H2,1-5H3,(H,15,16). The normalized spacial score (nSPS) is 12.6. The van der Waals surface area contributed by atoms with Crippen LogP contribution < -0.4 is 10.6 Å². The molecule has 0 saturated carbocycles. The van der Waals surface area contributed by atoms with Gasteiger partial charge in [-0.2, -0.15) is 0 Å². The molecule has 0 spiro atoms. The van der Waals surface area contributed by atoms with E-state index in [-0.39, 0.29) is 16.2 Å². The number of carbonyl (C=O) groups is 1. The average Bonchev–Trinajstić information content (AvgIpc) is 2.28. The number of hydrogen-bond acceptors (Lipinski definition) is 3. The Morgan fingerprint density at radius 1 is 1.22 bits per heavy atom. The Bertz CT molecular complexity index is 233. The highest BCUT2D eigenvalue weighted by atomic mass is 32.7. The second kappa shape index (κ2) is 8.39. The zero-order valence-electron chi connectivity index (χ0n) is 12.4. The van der Waals surface area contributed by atoms with Gasteiger partial charge in [0.05, 0.1) is 0 Å². The predicted molar refractivity (Wildman–Crippen MR) is 86.0 cm³/mol. The van der Waals surface area contributed by atoms with Gasteiger partial charge in [0.1, 0.15) is 0 Å². The summed E-state index contributed by atoms with van der Waals surface area (Å²) in [5.41, 5.74) is 0.123. The third-order valence-corrected chi connectivity index (χ3v) is 6.01. The molecule has 1 amide bonds. The summed E-state index contributed by atoms with van der Waals surface area (Å²) in [5, 5.41) is 6.24. The van der Waals surface area contributed by atoms with Crippen molar-refractivity contribution >= 4 is 25.7 Å². The van der Waals surface area contributed by atoms with Gasteiger partial charge in [0.25, 0.3) is 0 Å². The number of amides is 1. The van der Waals surface area contributed by atoms with E-state index in [9.17, 15) is 4.79 Å². The fourth-order valence-corrected chi connectivity index (χ4v) is 2.04. The van der Waals surface area contributed by atoms with E-state index >= 15 is 0 Å². The monoisotopic (exact) mass is 292 g/mol. The van der Waals surface area contributed by atoms with Gasteiger partial charge < -0.3 is 10.6 Å². The van der Waals surface area contributed by atoms with Crippen molar-refractivity contribution in [1.82, 2.24) is 10.6 Å². The van der Waals surface area contributed by atoms with Crippen molar-refractivity contribution in [2.75, 3.05) is 13.6 Å². The lowest BCUT2D eigenvalue weighted by Gasteiger charge is -2.24. The molecule has 0 heterocycles. The quantitative estimate of drug-likeness (QED) is 0.642. The molecule has 3 nitrogen and oxygen atoms in total. The lowest BCUT2D eigenvalue weighted by Crippen LogP contribution is -2.36. The Morgan fingerprint density at radius 3 is 2.33 bits per heavy atom. The van der Waals surface area contributed by atoms with E-state index in [1.165, 1.54) is 0 Å². The molecule has 5 heteroatoms. The van der Waals surface area contributed by atoms with Crippen molar-refractivity contribution in [3.63, 3.8) is 0 Å². The van der Waals surface area contributed by atoms with E-state index in [2.05, 4.69) is 46.8 Å². The first-order valence-electron chi connectivity index (χ1n) is 6.56. The lowest BCUT2D eigenvalue weighted by molar-refractivity contribution is -0.121. The van der Waals surface area contributed by atoms with E-state index in [4.69, 9.17) is 0 Å². The summed E-state index contributed by atoms with van der Waals surface area (Å²) >= 11 is 1.76. The van der Waals surface area contributed by atoms with Crippen LogP contribution in [0.25, 0.3) is 0 Å². The molecule has 0 rings (SSSR count). The van der Waals surface area contributed by atoms with Crippen LogP contribution in [-0.2, 0) is 4.79 Å². The summed E-state index contributed by atoms with van der Waals surface area (Å²) < 4.78 is 0.214. The van der Waals surface area contributed by atoms with E-state index in [0.29, 0.717) is 6.42 Å². The molecule has 0 bridgehead atoms. The Hall–Kier alpha value is 0.210. The molecule has 2 N–H and O–H groups in total. The maximum Gasteiger partial charge on any atom is 0.219 e. The Morgan fingerprint density at radius 2 is 1.83 bits per heavy atom. The van der Waals surface area contributed by atoms with Gasteiger partial charge in [-0.25, -0.2) is 0 Å². The number of hydrogen-bond donors (Lipinski definition) is 2. The van der Waals surface area contributed by atoms with Crippen LogP contribution >= 0.6 is 19.8 Å². The van der Waals surface area contributed by atoms with Crippen LogP contribution in [0.5, 0.6) is 0 Å². The molecular weight excluding hydrogens is 263 g/mol. The highest BCUT2D eigenvalue weighted by Crippen LogP contribution is 2.32. The number of rotatable bonds is 9. The van der Waals surface area contributed by atoms with Gasteiger partial charge in [-0.3, -0.25) is 4.79 Å². The molecule has 0 aliphatic heterocycles. The number of carbonyl (C=O) groups excluding carboxylic acids is 1. The molecule has 0 aromatic rings. The summed E-state index contributed by atoms with van der Waals surface area (Å²) in [6, 6.07) is 0. The van der Waals surface area contributed by atoms with Crippen molar-refractivity contribution < 1.29 is 4.79 Å². The third kappa shape index (κ3) is 9.18. The van der Waals surface area contributed by atoms with Crippen LogP contribution in [0, 0.1) is 0 Å². The highest BCUT2D eigenvalue weighted by Gasteiger charge is 2.17. The van der Waals surface area contributed by atoms with Gasteiger partial charge in [0.15, 0.2) is 0 Å². The first-order valence-corrected chi connectivity index (χ1v) is 8.85. The van der Waals surface area contributed by atoms with Crippen LogP contribution in [0.4, 0.5) is 0 Å². The first kappa shape index (κ1) is 18.2. The second-order valence-corrected chi connectivity index (χ2v) is 8.01. The average molecular weight is 292 g/mol. The third-order valence-electron chi connectivity index (χ3n) is 3.25.